The Balaban J connectivity index is 1.39. The number of nitrogens with one attached hydrogen (secondary N) is 1. The number of carbonyl (C=O) groups is 1. The zero-order valence-electron chi connectivity index (χ0n) is 17.5. The maximum absolute atomic E-state index is 13.9. The van der Waals surface area contributed by atoms with Crippen LogP contribution in [0.2, 0.25) is 0 Å². The molecule has 0 spiro atoms. The Morgan fingerprint density at radius 3 is 2.66 bits per heavy atom. The first-order valence-corrected chi connectivity index (χ1v) is 9.83. The van der Waals surface area contributed by atoms with Crippen LogP contribution in [0.5, 0.6) is 5.75 Å². The number of furan rings is 1. The van der Waals surface area contributed by atoms with Gasteiger partial charge in [0.05, 0.1) is 23.4 Å². The molecule has 0 bridgehead atoms. The molecule has 1 amide bonds. The Hall–Kier alpha value is -4.68. The van der Waals surface area contributed by atoms with E-state index < -0.39 is 46.2 Å². The van der Waals surface area contributed by atoms with E-state index in [1.54, 1.807) is 6.07 Å². The third-order valence-electron chi connectivity index (χ3n) is 4.74. The lowest BCUT2D eigenvalue weighted by Gasteiger charge is -2.07. The van der Waals surface area contributed by atoms with E-state index >= 15 is 0 Å². The van der Waals surface area contributed by atoms with Crippen LogP contribution in [0.4, 0.5) is 28.9 Å². The van der Waals surface area contributed by atoms with Crippen molar-refractivity contribution < 1.29 is 36.4 Å². The van der Waals surface area contributed by atoms with E-state index in [-0.39, 0.29) is 41.3 Å². The first-order valence-electron chi connectivity index (χ1n) is 9.83. The Morgan fingerprint density at radius 1 is 1.11 bits per heavy atom. The van der Waals surface area contributed by atoms with E-state index in [1.165, 1.54) is 42.7 Å². The summed E-state index contributed by atoms with van der Waals surface area (Å²) >= 11 is 0. The molecule has 1 N–H and O–H groups in total. The lowest BCUT2D eigenvalue weighted by Crippen LogP contribution is -2.11. The number of carbonyl (C=O) groups excluding carboxylic acids is 1. The van der Waals surface area contributed by atoms with E-state index in [9.17, 15) is 32.5 Å². The van der Waals surface area contributed by atoms with Gasteiger partial charge in [0, 0.05) is 23.9 Å². The van der Waals surface area contributed by atoms with Gasteiger partial charge in [-0.05, 0) is 18.2 Å². The number of ether oxygens (including phenoxy) is 1. The van der Waals surface area contributed by atoms with Crippen LogP contribution in [0, 0.1) is 33.4 Å². The van der Waals surface area contributed by atoms with Crippen LogP contribution < -0.4 is 10.1 Å². The average molecular weight is 490 g/mol. The summed E-state index contributed by atoms with van der Waals surface area (Å²) in [4.78, 5) is 22.9. The topological polar surface area (TPSA) is 112 Å². The third-order valence-corrected chi connectivity index (χ3v) is 4.74. The summed E-state index contributed by atoms with van der Waals surface area (Å²) in [6, 6.07) is 8.79. The van der Waals surface area contributed by atoms with Crippen LogP contribution in [-0.2, 0) is 13.2 Å². The molecule has 0 aliphatic carbocycles. The fourth-order valence-electron chi connectivity index (χ4n) is 3.07. The highest BCUT2D eigenvalue weighted by atomic mass is 19.2. The van der Waals surface area contributed by atoms with Crippen molar-refractivity contribution >= 4 is 17.3 Å². The molecule has 0 unspecified atom stereocenters. The molecule has 0 radical (unpaired) electrons. The summed E-state index contributed by atoms with van der Waals surface area (Å²) < 4.78 is 66.0. The van der Waals surface area contributed by atoms with Gasteiger partial charge in [-0.3, -0.25) is 19.6 Å². The molecular weight excluding hydrogens is 476 g/mol. The number of benzene rings is 2. The number of aromatic nitrogens is 2. The molecule has 0 fully saturated rings. The van der Waals surface area contributed by atoms with E-state index in [0.717, 1.165) is 4.68 Å². The summed E-state index contributed by atoms with van der Waals surface area (Å²) in [5.41, 5.74) is -0.830. The molecule has 35 heavy (non-hydrogen) atoms. The summed E-state index contributed by atoms with van der Waals surface area (Å²) in [6.45, 7) is -0.736. The molecule has 0 aliphatic rings. The molecule has 2 aromatic carbocycles. The molecular formula is C22H14F4N4O5. The summed E-state index contributed by atoms with van der Waals surface area (Å²) in [5, 5.41) is 17.3. The van der Waals surface area contributed by atoms with Crippen LogP contribution in [0.3, 0.4) is 0 Å². The molecule has 0 atom stereocenters. The molecule has 2 aromatic heterocycles. The molecule has 2 heterocycles. The Labute approximate surface area is 193 Å². The fraction of sp³-hybridized carbons (Fsp3) is 0.0909. The monoisotopic (exact) mass is 490 g/mol. The van der Waals surface area contributed by atoms with Gasteiger partial charge in [-0.15, -0.1) is 0 Å². The number of anilines is 1. The number of halogens is 4. The molecule has 4 aromatic rings. The molecule has 0 aliphatic heterocycles. The van der Waals surface area contributed by atoms with E-state index in [0.29, 0.717) is 0 Å². The van der Waals surface area contributed by atoms with Crippen LogP contribution in [0.25, 0.3) is 0 Å². The predicted molar refractivity (Wildman–Crippen MR) is 112 cm³/mol. The van der Waals surface area contributed by atoms with E-state index in [4.69, 9.17) is 9.15 Å². The van der Waals surface area contributed by atoms with Crippen LogP contribution in [0.15, 0.2) is 59.3 Å². The van der Waals surface area contributed by atoms with Gasteiger partial charge in [0.1, 0.15) is 18.2 Å². The maximum Gasteiger partial charge on any atom is 0.310 e. The average Bonchev–Trinajstić information content (AvgIpc) is 3.49. The first kappa shape index (κ1) is 23.5. The van der Waals surface area contributed by atoms with Gasteiger partial charge in [0.25, 0.3) is 5.91 Å². The van der Waals surface area contributed by atoms with Crippen molar-refractivity contribution in [3.63, 3.8) is 0 Å². The normalized spacial score (nSPS) is 10.9. The summed E-state index contributed by atoms with van der Waals surface area (Å²) in [5.74, 6) is -6.97. The predicted octanol–water partition coefficient (Wildman–Crippen LogP) is 4.82. The number of nitrogens with zero attached hydrogens (tertiary/aromatic N) is 3. The van der Waals surface area contributed by atoms with E-state index in [1.807, 2.05) is 0 Å². The van der Waals surface area contributed by atoms with Crippen molar-refractivity contribution in [2.45, 2.75) is 13.2 Å². The lowest BCUT2D eigenvalue weighted by molar-refractivity contribution is -0.386. The minimum Gasteiger partial charge on any atom is -0.479 e. The molecule has 0 saturated carbocycles. The largest absolute Gasteiger partial charge is 0.479 e. The van der Waals surface area contributed by atoms with Crippen molar-refractivity contribution in [3.05, 3.63) is 105 Å². The zero-order chi connectivity index (χ0) is 25.1. The Kier molecular flexibility index (Phi) is 6.48. The fourth-order valence-corrected chi connectivity index (χ4v) is 3.07. The van der Waals surface area contributed by atoms with Gasteiger partial charge in [0.2, 0.25) is 0 Å². The van der Waals surface area contributed by atoms with Crippen molar-refractivity contribution in [3.8, 4) is 5.75 Å². The van der Waals surface area contributed by atoms with Crippen LogP contribution in [0.1, 0.15) is 21.9 Å². The summed E-state index contributed by atoms with van der Waals surface area (Å²) in [7, 11) is 0. The van der Waals surface area contributed by atoms with Crippen molar-refractivity contribution in [1.29, 1.82) is 0 Å². The van der Waals surface area contributed by atoms with Crippen molar-refractivity contribution in [1.82, 2.24) is 9.78 Å². The SMILES string of the molecule is O=C(Nc1cnn(Cc2c(F)cc(F)c(F)c2F)c1)c1ccc(COc2ccccc2[N+](=O)[O-])o1. The second kappa shape index (κ2) is 9.67. The van der Waals surface area contributed by atoms with Gasteiger partial charge >= 0.3 is 5.69 Å². The number of amides is 1. The standard InChI is InChI=1S/C22H14F4N4O5/c23-15-7-16(24)21(26)20(25)14(15)10-29-9-12(8-27-29)28-22(31)19-6-5-13(35-19)11-34-18-4-2-1-3-17(18)30(32)33/h1-9H,10-11H2,(H,28,31). The third kappa shape index (κ3) is 5.13. The minimum atomic E-state index is -1.80. The van der Waals surface area contributed by atoms with Gasteiger partial charge in [0.15, 0.2) is 29.0 Å². The number of hydrogen-bond acceptors (Lipinski definition) is 6. The molecule has 4 rings (SSSR count). The highest BCUT2D eigenvalue weighted by molar-refractivity contribution is 6.02. The number of hydrogen-bond donors (Lipinski definition) is 1. The minimum absolute atomic E-state index is 0.0289. The molecule has 0 saturated heterocycles. The molecule has 180 valence electrons. The van der Waals surface area contributed by atoms with Crippen LogP contribution >= 0.6 is 0 Å². The number of rotatable bonds is 8. The number of nitro benzene ring substituents is 1. The van der Waals surface area contributed by atoms with Crippen molar-refractivity contribution in [2.75, 3.05) is 5.32 Å². The zero-order valence-corrected chi connectivity index (χ0v) is 17.5. The van der Waals surface area contributed by atoms with Crippen molar-refractivity contribution in [2.24, 2.45) is 0 Å². The second-order valence-corrected chi connectivity index (χ2v) is 7.11. The number of nitro groups is 1. The maximum atomic E-state index is 13.9. The van der Waals surface area contributed by atoms with Gasteiger partial charge < -0.3 is 14.5 Å². The lowest BCUT2D eigenvalue weighted by atomic mass is 10.2. The summed E-state index contributed by atoms with van der Waals surface area (Å²) in [6.07, 6.45) is 2.40. The quantitative estimate of drug-likeness (QED) is 0.125. The first-order chi connectivity index (χ1) is 16.7. The Morgan fingerprint density at radius 2 is 1.89 bits per heavy atom. The molecule has 13 heteroatoms. The van der Waals surface area contributed by atoms with Crippen LogP contribution in [-0.4, -0.2) is 20.6 Å². The molecule has 9 nitrogen and oxygen atoms in total. The second-order valence-electron chi connectivity index (χ2n) is 7.11. The highest BCUT2D eigenvalue weighted by Gasteiger charge is 2.20. The van der Waals surface area contributed by atoms with Gasteiger partial charge in [-0.2, -0.15) is 5.10 Å². The van der Waals surface area contributed by atoms with E-state index in [2.05, 4.69) is 10.4 Å². The number of para-hydroxylation sites is 2. The Bertz CT molecular complexity index is 1420. The van der Waals surface area contributed by atoms with Gasteiger partial charge in [-0.25, -0.2) is 17.6 Å². The smallest absolute Gasteiger partial charge is 0.310 e. The van der Waals surface area contributed by atoms with Gasteiger partial charge in [-0.1, -0.05) is 12.1 Å². The highest BCUT2D eigenvalue weighted by Crippen LogP contribution is 2.27.